The summed E-state index contributed by atoms with van der Waals surface area (Å²) >= 11 is 7.83. The van der Waals surface area contributed by atoms with Gasteiger partial charge in [0.25, 0.3) is 0 Å². The van der Waals surface area contributed by atoms with Gasteiger partial charge in [-0.15, -0.1) is 11.3 Å². The van der Waals surface area contributed by atoms with Crippen molar-refractivity contribution in [3.8, 4) is 0 Å². The van der Waals surface area contributed by atoms with Crippen molar-refractivity contribution in [3.05, 3.63) is 57.2 Å². The number of hydrogen-bond acceptors (Lipinski definition) is 3. The predicted molar refractivity (Wildman–Crippen MR) is 120 cm³/mol. The number of rotatable bonds is 4. The van der Waals surface area contributed by atoms with Crippen molar-refractivity contribution < 1.29 is 9.59 Å². The highest BCUT2D eigenvalue weighted by atomic mass is 35.5. The molecule has 2 unspecified atom stereocenters. The fourth-order valence-electron chi connectivity index (χ4n) is 5.33. The summed E-state index contributed by atoms with van der Waals surface area (Å²) in [4.78, 5) is 31.9. The van der Waals surface area contributed by atoms with Gasteiger partial charge in [0.1, 0.15) is 0 Å². The average molecular weight is 443 g/mol. The molecular formula is C24H27ClN2O2S. The SMILES string of the molecule is O=C(C1CC1c1cccs1)N1CCN(C(=O)C2(c3ccc(Cl)cc3)CCCC2)CC1. The second-order valence-electron chi connectivity index (χ2n) is 8.88. The van der Waals surface area contributed by atoms with Crippen LogP contribution in [-0.4, -0.2) is 47.8 Å². The van der Waals surface area contributed by atoms with Crippen molar-refractivity contribution >= 4 is 34.8 Å². The van der Waals surface area contributed by atoms with Crippen LogP contribution in [0.4, 0.5) is 0 Å². The number of halogens is 1. The minimum Gasteiger partial charge on any atom is -0.339 e. The van der Waals surface area contributed by atoms with E-state index in [4.69, 9.17) is 11.6 Å². The molecule has 3 fully saturated rings. The molecule has 2 aromatic rings. The zero-order valence-electron chi connectivity index (χ0n) is 17.1. The van der Waals surface area contributed by atoms with Crippen LogP contribution in [0.15, 0.2) is 41.8 Å². The zero-order chi connectivity index (χ0) is 20.7. The molecule has 1 saturated heterocycles. The fourth-order valence-corrected chi connectivity index (χ4v) is 6.36. The molecule has 0 radical (unpaired) electrons. The molecule has 0 bridgehead atoms. The van der Waals surface area contributed by atoms with E-state index in [0.29, 0.717) is 37.1 Å². The van der Waals surface area contributed by atoms with Gasteiger partial charge in [-0.1, -0.05) is 42.6 Å². The summed E-state index contributed by atoms with van der Waals surface area (Å²) in [6.45, 7) is 2.57. The van der Waals surface area contributed by atoms with Crippen LogP contribution in [0.25, 0.3) is 0 Å². The molecule has 2 amide bonds. The quantitative estimate of drug-likeness (QED) is 0.689. The second-order valence-corrected chi connectivity index (χ2v) is 10.3. The van der Waals surface area contributed by atoms with Crippen molar-refractivity contribution in [2.45, 2.75) is 43.4 Å². The molecule has 2 heterocycles. The lowest BCUT2D eigenvalue weighted by molar-refractivity contribution is -0.144. The van der Waals surface area contributed by atoms with Gasteiger partial charge in [0.05, 0.1) is 5.41 Å². The smallest absolute Gasteiger partial charge is 0.233 e. The molecule has 2 atom stereocenters. The minimum absolute atomic E-state index is 0.140. The fraction of sp³-hybridized carbons (Fsp3) is 0.500. The summed E-state index contributed by atoms with van der Waals surface area (Å²) in [5.74, 6) is 1.05. The molecule has 2 aliphatic carbocycles. The molecule has 4 nitrogen and oxygen atoms in total. The maximum absolute atomic E-state index is 13.6. The number of nitrogens with zero attached hydrogens (tertiary/aromatic N) is 2. The first-order valence-electron chi connectivity index (χ1n) is 11.0. The normalized spacial score (nSPS) is 25.4. The van der Waals surface area contributed by atoms with Crippen molar-refractivity contribution in [1.82, 2.24) is 9.80 Å². The Morgan fingerprint density at radius 2 is 1.63 bits per heavy atom. The van der Waals surface area contributed by atoms with Gasteiger partial charge in [0.15, 0.2) is 0 Å². The highest BCUT2D eigenvalue weighted by Gasteiger charge is 2.48. The first-order valence-corrected chi connectivity index (χ1v) is 12.2. The van der Waals surface area contributed by atoms with Crippen LogP contribution in [-0.2, 0) is 15.0 Å². The van der Waals surface area contributed by atoms with Crippen molar-refractivity contribution in [1.29, 1.82) is 0 Å². The second kappa shape index (κ2) is 8.01. The first-order chi connectivity index (χ1) is 14.6. The Bertz CT molecular complexity index is 913. The molecule has 1 aromatic carbocycles. The Balaban J connectivity index is 1.23. The van der Waals surface area contributed by atoms with Crippen molar-refractivity contribution in [2.75, 3.05) is 26.2 Å². The predicted octanol–water partition coefficient (Wildman–Crippen LogP) is 4.69. The zero-order valence-corrected chi connectivity index (χ0v) is 18.6. The molecular weight excluding hydrogens is 416 g/mol. The third kappa shape index (κ3) is 3.56. The lowest BCUT2D eigenvalue weighted by Gasteiger charge is -2.40. The lowest BCUT2D eigenvalue weighted by Crippen LogP contribution is -2.55. The van der Waals surface area contributed by atoms with E-state index in [1.54, 1.807) is 11.3 Å². The lowest BCUT2D eigenvalue weighted by atomic mass is 9.77. The summed E-state index contributed by atoms with van der Waals surface area (Å²) in [5, 5.41) is 2.78. The van der Waals surface area contributed by atoms with E-state index in [0.717, 1.165) is 37.7 Å². The Hall–Kier alpha value is -1.85. The Kier molecular flexibility index (Phi) is 5.36. The van der Waals surface area contributed by atoms with Gasteiger partial charge in [0, 0.05) is 47.9 Å². The summed E-state index contributed by atoms with van der Waals surface area (Å²) in [5.41, 5.74) is 0.669. The molecule has 6 heteroatoms. The Labute approximate surface area is 186 Å². The van der Waals surface area contributed by atoms with Crippen LogP contribution in [0.2, 0.25) is 5.02 Å². The van der Waals surface area contributed by atoms with Crippen molar-refractivity contribution in [3.63, 3.8) is 0 Å². The van der Waals surface area contributed by atoms with Crippen LogP contribution < -0.4 is 0 Å². The van der Waals surface area contributed by atoms with Gasteiger partial charge >= 0.3 is 0 Å². The summed E-state index contributed by atoms with van der Waals surface area (Å²) in [7, 11) is 0. The number of carbonyl (C=O) groups excluding carboxylic acids is 2. The molecule has 158 valence electrons. The first kappa shape index (κ1) is 20.1. The molecule has 30 heavy (non-hydrogen) atoms. The van der Waals surface area contributed by atoms with Crippen LogP contribution in [0, 0.1) is 5.92 Å². The largest absolute Gasteiger partial charge is 0.339 e. The number of amides is 2. The van der Waals surface area contributed by atoms with Gasteiger partial charge in [-0.05, 0) is 48.4 Å². The van der Waals surface area contributed by atoms with Crippen LogP contribution >= 0.6 is 22.9 Å². The summed E-state index contributed by atoms with van der Waals surface area (Å²) < 4.78 is 0. The minimum atomic E-state index is -0.419. The number of thiophene rings is 1. The standard InChI is InChI=1S/C24H27ClN2O2S/c25-18-7-5-17(6-8-18)24(9-1-2-10-24)23(29)27-13-11-26(12-14-27)22(28)20-16-19(20)21-4-3-15-30-21/h3-8,15,19-20H,1-2,9-14,16H2. The van der Waals surface area contributed by atoms with Gasteiger partial charge in [-0.3, -0.25) is 9.59 Å². The molecule has 1 aromatic heterocycles. The number of carbonyl (C=O) groups is 2. The van der Waals surface area contributed by atoms with E-state index < -0.39 is 5.41 Å². The highest BCUT2D eigenvalue weighted by Crippen LogP contribution is 2.50. The Morgan fingerprint density at radius 3 is 2.27 bits per heavy atom. The molecule has 2 saturated carbocycles. The molecule has 3 aliphatic rings. The molecule has 0 spiro atoms. The number of piperazine rings is 1. The third-order valence-electron chi connectivity index (χ3n) is 7.16. The molecule has 0 N–H and O–H groups in total. The van der Waals surface area contributed by atoms with Crippen LogP contribution in [0.3, 0.4) is 0 Å². The molecule has 5 rings (SSSR count). The summed E-state index contributed by atoms with van der Waals surface area (Å²) in [6, 6.07) is 12.0. The van der Waals surface area contributed by atoms with E-state index >= 15 is 0 Å². The highest BCUT2D eigenvalue weighted by molar-refractivity contribution is 7.10. The van der Waals surface area contributed by atoms with Gasteiger partial charge < -0.3 is 9.80 Å². The average Bonchev–Trinajstić information content (AvgIpc) is 3.17. The van der Waals surface area contributed by atoms with E-state index in [1.165, 1.54) is 4.88 Å². The monoisotopic (exact) mass is 442 g/mol. The van der Waals surface area contributed by atoms with Crippen LogP contribution in [0.1, 0.15) is 48.5 Å². The van der Waals surface area contributed by atoms with Gasteiger partial charge in [-0.2, -0.15) is 0 Å². The maximum atomic E-state index is 13.6. The van der Waals surface area contributed by atoms with E-state index in [2.05, 4.69) is 17.5 Å². The topological polar surface area (TPSA) is 40.6 Å². The van der Waals surface area contributed by atoms with E-state index in [-0.39, 0.29) is 17.7 Å². The summed E-state index contributed by atoms with van der Waals surface area (Å²) in [6.07, 6.45) is 4.93. The third-order valence-corrected chi connectivity index (χ3v) is 8.41. The van der Waals surface area contributed by atoms with Gasteiger partial charge in [0.2, 0.25) is 11.8 Å². The van der Waals surface area contributed by atoms with E-state index in [9.17, 15) is 9.59 Å². The number of benzene rings is 1. The van der Waals surface area contributed by atoms with Crippen molar-refractivity contribution in [2.24, 2.45) is 5.92 Å². The van der Waals surface area contributed by atoms with E-state index in [1.807, 2.05) is 34.1 Å². The molecule has 1 aliphatic heterocycles. The van der Waals surface area contributed by atoms with Gasteiger partial charge in [-0.25, -0.2) is 0 Å². The number of hydrogen-bond donors (Lipinski definition) is 0. The van der Waals surface area contributed by atoms with Crippen LogP contribution in [0.5, 0.6) is 0 Å². The Morgan fingerprint density at radius 1 is 0.967 bits per heavy atom. The maximum Gasteiger partial charge on any atom is 0.233 e.